The third-order valence-electron chi connectivity index (χ3n) is 7.00. The monoisotopic (exact) mass is 647 g/mol. The van der Waals surface area contributed by atoms with Crippen LogP contribution in [0.1, 0.15) is 43.7 Å². The van der Waals surface area contributed by atoms with Crippen LogP contribution in [0.25, 0.3) is 0 Å². The van der Waals surface area contributed by atoms with Gasteiger partial charge in [0.1, 0.15) is 11.8 Å². The van der Waals surface area contributed by atoms with Crippen LogP contribution in [0.3, 0.4) is 0 Å². The molecular weight excluding hydrogens is 609 g/mol. The summed E-state index contributed by atoms with van der Waals surface area (Å²) in [6.45, 7) is 2.57. The Bertz CT molecular complexity index is 1450. The van der Waals surface area contributed by atoms with Gasteiger partial charge in [-0.25, -0.2) is 8.42 Å². The van der Waals surface area contributed by atoms with Gasteiger partial charge in [0.2, 0.25) is 21.8 Å². The van der Waals surface area contributed by atoms with Gasteiger partial charge in [-0.1, -0.05) is 85.1 Å². The molecule has 3 aromatic rings. The van der Waals surface area contributed by atoms with Gasteiger partial charge in [-0.05, 0) is 42.7 Å². The molecule has 2 amide bonds. The first-order chi connectivity index (χ1) is 20.6. The second-order valence-corrected chi connectivity index (χ2v) is 12.9. The lowest BCUT2D eigenvalue weighted by Gasteiger charge is -2.32. The van der Waals surface area contributed by atoms with E-state index in [0.717, 1.165) is 24.7 Å². The Balaban J connectivity index is 1.93. The molecule has 0 radical (unpaired) electrons. The topological polar surface area (TPSA) is 96.0 Å². The lowest BCUT2D eigenvalue weighted by molar-refractivity contribution is -0.141. The van der Waals surface area contributed by atoms with Crippen LogP contribution in [0, 0.1) is 0 Å². The number of rotatable bonds is 16. The Morgan fingerprint density at radius 2 is 1.58 bits per heavy atom. The molecule has 0 saturated heterocycles. The third-order valence-corrected chi connectivity index (χ3v) is 8.88. The minimum Gasteiger partial charge on any atom is -0.495 e. The second kappa shape index (κ2) is 16.5. The Morgan fingerprint density at radius 3 is 2.21 bits per heavy atom. The van der Waals surface area contributed by atoms with E-state index in [4.69, 9.17) is 27.9 Å². The van der Waals surface area contributed by atoms with Crippen molar-refractivity contribution >= 4 is 50.7 Å². The first-order valence-electron chi connectivity index (χ1n) is 14.2. The van der Waals surface area contributed by atoms with E-state index >= 15 is 0 Å². The molecular formula is C32H39Cl2N3O5S. The number of hydrogen-bond donors (Lipinski definition) is 1. The van der Waals surface area contributed by atoms with Crippen molar-refractivity contribution in [3.63, 3.8) is 0 Å². The summed E-state index contributed by atoms with van der Waals surface area (Å²) in [5, 5.41) is 3.75. The normalized spacial score (nSPS) is 11.9. The largest absolute Gasteiger partial charge is 0.495 e. The summed E-state index contributed by atoms with van der Waals surface area (Å²) < 4.78 is 32.1. The number of unbranched alkanes of at least 4 members (excludes halogenated alkanes) is 1. The van der Waals surface area contributed by atoms with E-state index in [0.29, 0.717) is 33.6 Å². The average molecular weight is 649 g/mol. The van der Waals surface area contributed by atoms with Crippen LogP contribution in [0.5, 0.6) is 5.75 Å². The van der Waals surface area contributed by atoms with Crippen molar-refractivity contribution in [3.8, 4) is 5.75 Å². The Labute approximate surface area is 265 Å². The number of ether oxygens (including phenoxy) is 1. The van der Waals surface area contributed by atoms with E-state index < -0.39 is 16.1 Å². The van der Waals surface area contributed by atoms with E-state index in [2.05, 4.69) is 5.32 Å². The SMILES string of the molecule is CCCCNC(=O)C(Cc1ccccc1)N(Cc1c(Cl)cccc1Cl)C(=O)CCCN(c1ccccc1OC)S(C)(=O)=O. The number of benzene rings is 3. The molecule has 0 spiro atoms. The molecule has 11 heteroatoms. The summed E-state index contributed by atoms with van der Waals surface area (Å²) in [6.07, 6.45) is 3.29. The molecule has 8 nitrogen and oxygen atoms in total. The molecule has 0 aliphatic heterocycles. The maximum absolute atomic E-state index is 14.0. The van der Waals surface area contributed by atoms with E-state index in [1.165, 1.54) is 16.3 Å². The highest BCUT2D eigenvalue weighted by atomic mass is 35.5. The fourth-order valence-corrected chi connectivity index (χ4v) is 6.22. The number of sulfonamides is 1. The Kier molecular flexibility index (Phi) is 13.2. The molecule has 3 rings (SSSR count). The van der Waals surface area contributed by atoms with Gasteiger partial charge in [-0.3, -0.25) is 13.9 Å². The Hall–Kier alpha value is -3.27. The number of carbonyl (C=O) groups is 2. The lowest BCUT2D eigenvalue weighted by atomic mass is 10.0. The van der Waals surface area contributed by atoms with Gasteiger partial charge in [0.05, 0.1) is 19.1 Å². The highest BCUT2D eigenvalue weighted by molar-refractivity contribution is 7.92. The van der Waals surface area contributed by atoms with E-state index in [1.807, 2.05) is 37.3 Å². The predicted molar refractivity (Wildman–Crippen MR) is 173 cm³/mol. The summed E-state index contributed by atoms with van der Waals surface area (Å²) in [6, 6.07) is 20.5. The van der Waals surface area contributed by atoms with Crippen LogP contribution in [0.4, 0.5) is 5.69 Å². The summed E-state index contributed by atoms with van der Waals surface area (Å²) >= 11 is 13.0. The zero-order chi connectivity index (χ0) is 31.4. The van der Waals surface area contributed by atoms with Gasteiger partial charge in [0, 0.05) is 48.1 Å². The number of hydrogen-bond acceptors (Lipinski definition) is 5. The summed E-state index contributed by atoms with van der Waals surface area (Å²) in [7, 11) is -2.21. The van der Waals surface area contributed by atoms with Crippen LogP contribution in [-0.2, 0) is 32.6 Å². The van der Waals surface area contributed by atoms with Crippen molar-refractivity contribution in [1.82, 2.24) is 10.2 Å². The van der Waals surface area contributed by atoms with E-state index in [9.17, 15) is 18.0 Å². The highest BCUT2D eigenvalue weighted by Gasteiger charge is 2.31. The lowest BCUT2D eigenvalue weighted by Crippen LogP contribution is -2.50. The number of methoxy groups -OCH3 is 1. The minimum absolute atomic E-state index is 0.0122. The second-order valence-electron chi connectivity index (χ2n) is 10.2. The first kappa shape index (κ1) is 34.2. The van der Waals surface area contributed by atoms with Crippen molar-refractivity contribution in [2.24, 2.45) is 0 Å². The maximum atomic E-state index is 14.0. The molecule has 0 fully saturated rings. The highest BCUT2D eigenvalue weighted by Crippen LogP contribution is 2.30. The molecule has 0 aliphatic carbocycles. The molecule has 43 heavy (non-hydrogen) atoms. The van der Waals surface area contributed by atoms with Crippen molar-refractivity contribution < 1.29 is 22.7 Å². The number of nitrogens with one attached hydrogen (secondary N) is 1. The van der Waals surface area contributed by atoms with Crippen LogP contribution in [-0.4, -0.2) is 57.6 Å². The van der Waals surface area contributed by atoms with Crippen molar-refractivity contribution in [2.45, 2.75) is 51.6 Å². The smallest absolute Gasteiger partial charge is 0.243 e. The van der Waals surface area contributed by atoms with Crippen molar-refractivity contribution in [1.29, 1.82) is 0 Å². The van der Waals surface area contributed by atoms with Gasteiger partial charge in [-0.15, -0.1) is 0 Å². The van der Waals surface area contributed by atoms with Gasteiger partial charge >= 0.3 is 0 Å². The molecule has 0 aromatic heterocycles. The number of para-hydroxylation sites is 2. The summed E-state index contributed by atoms with van der Waals surface area (Å²) in [4.78, 5) is 29.1. The summed E-state index contributed by atoms with van der Waals surface area (Å²) in [5.41, 5.74) is 1.81. The van der Waals surface area contributed by atoms with Crippen molar-refractivity contribution in [3.05, 3.63) is 94.0 Å². The van der Waals surface area contributed by atoms with Crippen LogP contribution in [0.15, 0.2) is 72.8 Å². The first-order valence-corrected chi connectivity index (χ1v) is 16.8. The molecule has 1 N–H and O–H groups in total. The maximum Gasteiger partial charge on any atom is 0.243 e. The average Bonchev–Trinajstić information content (AvgIpc) is 2.98. The molecule has 0 bridgehead atoms. The number of halogens is 2. The molecule has 232 valence electrons. The van der Waals surface area contributed by atoms with Crippen molar-refractivity contribution in [2.75, 3.05) is 30.8 Å². The number of carbonyl (C=O) groups excluding carboxylic acids is 2. The molecule has 3 aromatic carbocycles. The van der Waals surface area contributed by atoms with Gasteiger partial charge in [0.25, 0.3) is 0 Å². The zero-order valence-corrected chi connectivity index (χ0v) is 27.1. The number of nitrogens with zero attached hydrogens (tertiary/aromatic N) is 2. The van der Waals surface area contributed by atoms with E-state index in [-0.39, 0.29) is 44.2 Å². The zero-order valence-electron chi connectivity index (χ0n) is 24.8. The van der Waals surface area contributed by atoms with Crippen LogP contribution < -0.4 is 14.4 Å². The van der Waals surface area contributed by atoms with Gasteiger partial charge in [0.15, 0.2) is 0 Å². The van der Waals surface area contributed by atoms with E-state index in [1.54, 1.807) is 42.5 Å². The third kappa shape index (κ3) is 9.88. The quantitative estimate of drug-likeness (QED) is 0.189. The Morgan fingerprint density at radius 1 is 0.930 bits per heavy atom. The van der Waals surface area contributed by atoms with Gasteiger partial charge < -0.3 is 15.0 Å². The number of anilines is 1. The minimum atomic E-state index is -3.68. The fourth-order valence-electron chi connectivity index (χ4n) is 4.73. The molecule has 1 atom stereocenters. The standard InChI is InChI=1S/C32H39Cl2N3O5S/c1-4-5-20-35-32(39)29(22-24-13-7-6-8-14-24)36(23-25-26(33)15-11-16-27(25)34)31(38)19-12-21-37(43(3,40)41)28-17-9-10-18-30(28)42-2/h6-11,13-18,29H,4-5,12,19-23H2,1-3H3,(H,35,39). The molecule has 0 saturated carbocycles. The number of amides is 2. The predicted octanol–water partition coefficient (Wildman–Crippen LogP) is 6.10. The molecule has 0 heterocycles. The van der Waals surface area contributed by atoms with Crippen LogP contribution >= 0.6 is 23.2 Å². The summed E-state index contributed by atoms with van der Waals surface area (Å²) in [5.74, 6) is -0.197. The van der Waals surface area contributed by atoms with Crippen LogP contribution in [0.2, 0.25) is 10.0 Å². The fraction of sp³-hybridized carbons (Fsp3) is 0.375. The molecule has 1 unspecified atom stereocenters. The van der Waals surface area contributed by atoms with Gasteiger partial charge in [-0.2, -0.15) is 0 Å². The molecule has 0 aliphatic rings.